The molecule has 2 aromatic rings. The highest BCUT2D eigenvalue weighted by Crippen LogP contribution is 2.10. The summed E-state index contributed by atoms with van der Waals surface area (Å²) in [6, 6.07) is 15.2. The third kappa shape index (κ3) is 5.72. The van der Waals surface area contributed by atoms with Gasteiger partial charge in [0.05, 0.1) is 6.21 Å². The van der Waals surface area contributed by atoms with E-state index in [4.69, 9.17) is 11.6 Å². The van der Waals surface area contributed by atoms with Crippen LogP contribution in [0, 0.1) is 5.92 Å². The van der Waals surface area contributed by atoms with Gasteiger partial charge in [-0.15, -0.1) is 0 Å². The maximum absolute atomic E-state index is 12.3. The first-order chi connectivity index (χ1) is 12.0. The molecule has 0 bridgehead atoms. The molecule has 0 saturated heterocycles. The molecule has 130 valence electrons. The number of nitrogens with one attached hydrogen (secondary N) is 2. The summed E-state index contributed by atoms with van der Waals surface area (Å²) in [7, 11) is 0. The Morgan fingerprint density at radius 3 is 2.28 bits per heavy atom. The van der Waals surface area contributed by atoms with Crippen molar-refractivity contribution in [2.45, 2.75) is 19.9 Å². The van der Waals surface area contributed by atoms with E-state index in [-0.39, 0.29) is 17.7 Å². The van der Waals surface area contributed by atoms with Crippen LogP contribution in [0.1, 0.15) is 29.8 Å². The Balaban J connectivity index is 1.99. The number of rotatable bonds is 6. The minimum Gasteiger partial charge on any atom is -0.340 e. The first-order valence-electron chi connectivity index (χ1n) is 7.92. The number of amides is 2. The van der Waals surface area contributed by atoms with E-state index in [2.05, 4.69) is 15.8 Å². The van der Waals surface area contributed by atoms with Crippen molar-refractivity contribution in [3.8, 4) is 0 Å². The zero-order valence-corrected chi connectivity index (χ0v) is 14.8. The molecule has 0 saturated carbocycles. The Hall–Kier alpha value is -2.66. The van der Waals surface area contributed by atoms with E-state index in [1.54, 1.807) is 30.5 Å². The van der Waals surface area contributed by atoms with Crippen LogP contribution in [-0.2, 0) is 4.79 Å². The van der Waals surface area contributed by atoms with E-state index in [0.29, 0.717) is 10.6 Å². The third-order valence-electron chi connectivity index (χ3n) is 3.53. The van der Waals surface area contributed by atoms with Gasteiger partial charge in [-0.05, 0) is 35.7 Å². The molecule has 0 aliphatic rings. The molecule has 2 N–H and O–H groups in total. The van der Waals surface area contributed by atoms with E-state index < -0.39 is 6.04 Å². The van der Waals surface area contributed by atoms with Crippen molar-refractivity contribution in [1.82, 2.24) is 10.7 Å². The predicted octanol–water partition coefficient (Wildman–Crippen LogP) is 3.24. The summed E-state index contributed by atoms with van der Waals surface area (Å²) in [5.41, 5.74) is 3.78. The van der Waals surface area contributed by atoms with Crippen molar-refractivity contribution < 1.29 is 9.59 Å². The highest BCUT2D eigenvalue weighted by molar-refractivity contribution is 6.30. The normalized spacial score (nSPS) is 12.2. The Labute approximate surface area is 152 Å². The van der Waals surface area contributed by atoms with Gasteiger partial charge in [0.2, 0.25) is 0 Å². The molecule has 0 radical (unpaired) electrons. The summed E-state index contributed by atoms with van der Waals surface area (Å²) in [6.45, 7) is 3.71. The van der Waals surface area contributed by atoms with Crippen LogP contribution in [-0.4, -0.2) is 24.1 Å². The van der Waals surface area contributed by atoms with Gasteiger partial charge in [0.25, 0.3) is 11.8 Å². The molecule has 0 spiro atoms. The highest BCUT2D eigenvalue weighted by atomic mass is 35.5. The van der Waals surface area contributed by atoms with Crippen molar-refractivity contribution >= 4 is 29.6 Å². The maximum atomic E-state index is 12.3. The Morgan fingerprint density at radius 1 is 1.04 bits per heavy atom. The van der Waals surface area contributed by atoms with Gasteiger partial charge < -0.3 is 5.32 Å². The van der Waals surface area contributed by atoms with E-state index >= 15 is 0 Å². The highest BCUT2D eigenvalue weighted by Gasteiger charge is 2.24. The number of hydrogen-bond donors (Lipinski definition) is 2. The van der Waals surface area contributed by atoms with Gasteiger partial charge >= 0.3 is 0 Å². The van der Waals surface area contributed by atoms with Crippen LogP contribution in [0.2, 0.25) is 5.02 Å². The van der Waals surface area contributed by atoms with E-state index in [1.165, 1.54) is 0 Å². The van der Waals surface area contributed by atoms with Crippen LogP contribution in [0.5, 0.6) is 0 Å². The second-order valence-corrected chi connectivity index (χ2v) is 6.28. The molecule has 0 aliphatic heterocycles. The molecule has 2 rings (SSSR count). The molecule has 0 heterocycles. The van der Waals surface area contributed by atoms with Crippen LogP contribution in [0.25, 0.3) is 0 Å². The zero-order chi connectivity index (χ0) is 18.2. The number of carbonyl (C=O) groups excluding carboxylic acids is 2. The van der Waals surface area contributed by atoms with Crippen LogP contribution in [0.15, 0.2) is 59.7 Å². The summed E-state index contributed by atoms with van der Waals surface area (Å²) in [4.78, 5) is 24.6. The van der Waals surface area contributed by atoms with Crippen LogP contribution in [0.4, 0.5) is 0 Å². The lowest BCUT2D eigenvalue weighted by molar-refractivity contribution is -0.123. The molecule has 0 fully saturated rings. The number of hydrazone groups is 1. The van der Waals surface area contributed by atoms with Gasteiger partial charge in [-0.3, -0.25) is 9.59 Å². The summed E-state index contributed by atoms with van der Waals surface area (Å²) >= 11 is 5.82. The molecule has 1 unspecified atom stereocenters. The topological polar surface area (TPSA) is 70.6 Å². The fourth-order valence-electron chi connectivity index (χ4n) is 2.14. The summed E-state index contributed by atoms with van der Waals surface area (Å²) in [6.07, 6.45) is 1.55. The zero-order valence-electron chi connectivity index (χ0n) is 14.1. The monoisotopic (exact) mass is 357 g/mol. The van der Waals surface area contributed by atoms with Crippen molar-refractivity contribution in [2.75, 3.05) is 0 Å². The average molecular weight is 358 g/mol. The first kappa shape index (κ1) is 18.7. The first-order valence-corrected chi connectivity index (χ1v) is 8.29. The lowest BCUT2D eigenvalue weighted by atomic mass is 10.0. The SMILES string of the molecule is CC(C)C(NC(=O)c1ccc(Cl)cc1)C(=O)N/N=C\c1ccccc1. The van der Waals surface area contributed by atoms with E-state index in [9.17, 15) is 9.59 Å². The largest absolute Gasteiger partial charge is 0.340 e. The molecule has 0 aromatic heterocycles. The predicted molar refractivity (Wildman–Crippen MR) is 99.7 cm³/mol. The van der Waals surface area contributed by atoms with Crippen LogP contribution < -0.4 is 10.7 Å². The maximum Gasteiger partial charge on any atom is 0.262 e. The quantitative estimate of drug-likeness (QED) is 0.615. The van der Waals surface area contributed by atoms with Crippen LogP contribution in [0.3, 0.4) is 0 Å². The van der Waals surface area contributed by atoms with Crippen molar-refractivity contribution in [3.05, 3.63) is 70.7 Å². The lowest BCUT2D eigenvalue weighted by Gasteiger charge is -2.20. The van der Waals surface area contributed by atoms with Gasteiger partial charge in [0.1, 0.15) is 6.04 Å². The average Bonchev–Trinajstić information content (AvgIpc) is 2.60. The number of hydrogen-bond acceptors (Lipinski definition) is 3. The summed E-state index contributed by atoms with van der Waals surface area (Å²) in [5.74, 6) is -0.801. The number of nitrogens with zero attached hydrogens (tertiary/aromatic N) is 1. The van der Waals surface area contributed by atoms with Gasteiger partial charge in [-0.2, -0.15) is 5.10 Å². The molecule has 2 aromatic carbocycles. The molecule has 6 heteroatoms. The third-order valence-corrected chi connectivity index (χ3v) is 3.78. The minimum absolute atomic E-state index is 0.0943. The standard InChI is InChI=1S/C19H20ClN3O2/c1-13(2)17(22-18(24)15-8-10-16(20)11-9-15)19(25)23-21-12-14-6-4-3-5-7-14/h3-13,17H,1-2H3,(H,22,24)(H,23,25)/b21-12-. The second kappa shape index (κ2) is 8.99. The Morgan fingerprint density at radius 2 is 1.68 bits per heavy atom. The van der Waals surface area contributed by atoms with Crippen molar-refractivity contribution in [2.24, 2.45) is 11.0 Å². The van der Waals surface area contributed by atoms with E-state index in [1.807, 2.05) is 44.2 Å². The number of carbonyl (C=O) groups is 2. The second-order valence-electron chi connectivity index (χ2n) is 5.85. The number of halogens is 1. The lowest BCUT2D eigenvalue weighted by Crippen LogP contribution is -2.48. The van der Waals surface area contributed by atoms with Crippen molar-refractivity contribution in [1.29, 1.82) is 0 Å². The summed E-state index contributed by atoms with van der Waals surface area (Å²) in [5, 5.41) is 7.22. The minimum atomic E-state index is -0.698. The molecule has 1 atom stereocenters. The molecular formula is C19H20ClN3O2. The van der Waals surface area contributed by atoms with Gasteiger partial charge in [0, 0.05) is 10.6 Å². The van der Waals surface area contributed by atoms with Gasteiger partial charge in [0.15, 0.2) is 0 Å². The molecule has 0 aliphatic carbocycles. The van der Waals surface area contributed by atoms with Crippen molar-refractivity contribution in [3.63, 3.8) is 0 Å². The van der Waals surface area contributed by atoms with Gasteiger partial charge in [-0.25, -0.2) is 5.43 Å². The number of benzene rings is 2. The molecule has 5 nitrogen and oxygen atoms in total. The van der Waals surface area contributed by atoms with Gasteiger partial charge in [-0.1, -0.05) is 55.8 Å². The fraction of sp³-hybridized carbons (Fsp3) is 0.211. The molecule has 2 amide bonds. The fourth-order valence-corrected chi connectivity index (χ4v) is 2.27. The van der Waals surface area contributed by atoms with E-state index in [0.717, 1.165) is 5.56 Å². The smallest absolute Gasteiger partial charge is 0.262 e. The molecule has 25 heavy (non-hydrogen) atoms. The Bertz CT molecular complexity index is 743. The van der Waals surface area contributed by atoms with Crippen LogP contribution >= 0.6 is 11.6 Å². The summed E-state index contributed by atoms with van der Waals surface area (Å²) < 4.78 is 0. The Kier molecular flexibility index (Phi) is 6.71. The molecular weight excluding hydrogens is 338 g/mol.